The quantitative estimate of drug-likeness (QED) is 0.653. The highest BCUT2D eigenvalue weighted by atomic mass is 16.1. The third kappa shape index (κ3) is 3.50. The first-order valence-corrected chi connectivity index (χ1v) is 5.60. The van der Waals surface area contributed by atoms with E-state index in [0.717, 1.165) is 18.3 Å². The number of carbonyl (C=O) groups excluding carboxylic acids is 1. The first-order chi connectivity index (χ1) is 6.09. The molecule has 1 aliphatic rings. The Morgan fingerprint density at radius 1 is 1.31 bits per heavy atom. The van der Waals surface area contributed by atoms with Gasteiger partial charge in [-0.05, 0) is 25.2 Å². The summed E-state index contributed by atoms with van der Waals surface area (Å²) in [5, 5.41) is 0. The number of rotatable bonds is 3. The van der Waals surface area contributed by atoms with E-state index in [0.29, 0.717) is 11.7 Å². The molecule has 0 aliphatic heterocycles. The number of hydrogen-bond acceptors (Lipinski definition) is 1. The third-order valence-corrected chi connectivity index (χ3v) is 3.52. The molecule has 0 unspecified atom stereocenters. The standard InChI is InChI=1S/C12H22O/c1-9-4-6-12(7-5-9)8-10(2)11(3)13/h9-10,12H,4-8H2,1-3H3/t9?,10-,12?/m0/s1. The molecule has 1 nitrogen and oxygen atoms in total. The fourth-order valence-electron chi connectivity index (χ4n) is 2.23. The van der Waals surface area contributed by atoms with Gasteiger partial charge in [0.2, 0.25) is 0 Å². The van der Waals surface area contributed by atoms with Crippen LogP contribution in [-0.2, 0) is 4.79 Å². The molecule has 1 rings (SSSR count). The molecule has 1 fully saturated rings. The molecular weight excluding hydrogens is 160 g/mol. The Morgan fingerprint density at radius 3 is 2.31 bits per heavy atom. The molecule has 1 aliphatic carbocycles. The average molecular weight is 182 g/mol. The monoisotopic (exact) mass is 182 g/mol. The van der Waals surface area contributed by atoms with E-state index in [9.17, 15) is 4.79 Å². The lowest BCUT2D eigenvalue weighted by atomic mass is 9.78. The van der Waals surface area contributed by atoms with Crippen molar-refractivity contribution in [1.29, 1.82) is 0 Å². The van der Waals surface area contributed by atoms with Crippen molar-refractivity contribution in [3.63, 3.8) is 0 Å². The van der Waals surface area contributed by atoms with Gasteiger partial charge >= 0.3 is 0 Å². The van der Waals surface area contributed by atoms with Crippen LogP contribution < -0.4 is 0 Å². The Balaban J connectivity index is 2.26. The Bertz CT molecular complexity index is 166. The molecule has 1 saturated carbocycles. The van der Waals surface area contributed by atoms with Crippen LogP contribution in [0, 0.1) is 17.8 Å². The fourth-order valence-corrected chi connectivity index (χ4v) is 2.23. The normalized spacial score (nSPS) is 31.3. The maximum atomic E-state index is 11.1. The Morgan fingerprint density at radius 2 is 1.85 bits per heavy atom. The fraction of sp³-hybridized carbons (Fsp3) is 0.917. The van der Waals surface area contributed by atoms with Crippen molar-refractivity contribution in [3.05, 3.63) is 0 Å². The van der Waals surface area contributed by atoms with Crippen molar-refractivity contribution >= 4 is 5.78 Å². The maximum Gasteiger partial charge on any atom is 0.132 e. The van der Waals surface area contributed by atoms with Gasteiger partial charge in [0.25, 0.3) is 0 Å². The van der Waals surface area contributed by atoms with Crippen molar-refractivity contribution < 1.29 is 4.79 Å². The van der Waals surface area contributed by atoms with Crippen molar-refractivity contribution in [2.45, 2.75) is 52.9 Å². The molecule has 1 atom stereocenters. The summed E-state index contributed by atoms with van der Waals surface area (Å²) >= 11 is 0. The zero-order chi connectivity index (χ0) is 9.84. The number of carbonyl (C=O) groups is 1. The van der Waals surface area contributed by atoms with E-state index in [1.165, 1.54) is 25.7 Å². The summed E-state index contributed by atoms with van der Waals surface area (Å²) in [5.41, 5.74) is 0. The SMILES string of the molecule is CC(=O)[C@@H](C)CC1CCC(C)CC1. The smallest absolute Gasteiger partial charge is 0.132 e. The van der Waals surface area contributed by atoms with Crippen LogP contribution in [0.3, 0.4) is 0 Å². The lowest BCUT2D eigenvalue weighted by Gasteiger charge is -2.27. The van der Waals surface area contributed by atoms with E-state index in [4.69, 9.17) is 0 Å². The predicted octanol–water partition coefficient (Wildman–Crippen LogP) is 3.43. The molecule has 13 heavy (non-hydrogen) atoms. The van der Waals surface area contributed by atoms with E-state index in [2.05, 4.69) is 13.8 Å². The first kappa shape index (κ1) is 10.7. The summed E-state index contributed by atoms with van der Waals surface area (Å²) in [6.45, 7) is 6.13. The molecule has 0 heterocycles. The largest absolute Gasteiger partial charge is 0.300 e. The zero-order valence-electron chi connectivity index (χ0n) is 9.18. The minimum Gasteiger partial charge on any atom is -0.300 e. The van der Waals surface area contributed by atoms with Crippen molar-refractivity contribution in [2.24, 2.45) is 17.8 Å². The number of Topliss-reactive ketones (excluding diaryl/α,β-unsaturated/α-hetero) is 1. The molecule has 0 amide bonds. The van der Waals surface area contributed by atoms with E-state index in [1.807, 2.05) is 0 Å². The molecule has 0 saturated heterocycles. The number of ketones is 1. The third-order valence-electron chi connectivity index (χ3n) is 3.52. The second-order valence-corrected chi connectivity index (χ2v) is 4.87. The first-order valence-electron chi connectivity index (χ1n) is 5.60. The second-order valence-electron chi connectivity index (χ2n) is 4.87. The summed E-state index contributed by atoms with van der Waals surface area (Å²) in [6, 6.07) is 0. The zero-order valence-corrected chi connectivity index (χ0v) is 9.18. The highest BCUT2D eigenvalue weighted by molar-refractivity contribution is 5.77. The maximum absolute atomic E-state index is 11.1. The summed E-state index contributed by atoms with van der Waals surface area (Å²) < 4.78 is 0. The topological polar surface area (TPSA) is 17.1 Å². The summed E-state index contributed by atoms with van der Waals surface area (Å²) in [4.78, 5) is 11.1. The summed E-state index contributed by atoms with van der Waals surface area (Å²) in [6.07, 6.45) is 6.56. The molecule has 0 N–H and O–H groups in total. The van der Waals surface area contributed by atoms with Gasteiger partial charge in [0.15, 0.2) is 0 Å². The highest BCUT2D eigenvalue weighted by Gasteiger charge is 2.21. The molecule has 0 spiro atoms. The van der Waals surface area contributed by atoms with Gasteiger partial charge in [-0.15, -0.1) is 0 Å². The van der Waals surface area contributed by atoms with Crippen molar-refractivity contribution in [3.8, 4) is 0 Å². The van der Waals surface area contributed by atoms with Crippen LogP contribution in [0.25, 0.3) is 0 Å². The van der Waals surface area contributed by atoms with Gasteiger partial charge in [-0.25, -0.2) is 0 Å². The molecular formula is C12H22O. The van der Waals surface area contributed by atoms with Gasteiger partial charge in [-0.3, -0.25) is 4.79 Å². The molecule has 0 aromatic carbocycles. The van der Waals surface area contributed by atoms with Crippen LogP contribution >= 0.6 is 0 Å². The van der Waals surface area contributed by atoms with E-state index >= 15 is 0 Å². The molecule has 0 aromatic rings. The molecule has 1 heteroatoms. The average Bonchev–Trinajstić information content (AvgIpc) is 2.08. The number of hydrogen-bond donors (Lipinski definition) is 0. The van der Waals surface area contributed by atoms with Crippen LogP contribution in [0.1, 0.15) is 52.9 Å². The second kappa shape index (κ2) is 4.78. The van der Waals surface area contributed by atoms with E-state index in [1.54, 1.807) is 6.92 Å². The van der Waals surface area contributed by atoms with Crippen molar-refractivity contribution in [1.82, 2.24) is 0 Å². The van der Waals surface area contributed by atoms with Crippen LogP contribution in [0.4, 0.5) is 0 Å². The van der Waals surface area contributed by atoms with Gasteiger partial charge in [-0.1, -0.05) is 39.5 Å². The minimum absolute atomic E-state index is 0.290. The van der Waals surface area contributed by atoms with Crippen LogP contribution in [0.2, 0.25) is 0 Å². The Kier molecular flexibility index (Phi) is 3.95. The summed E-state index contributed by atoms with van der Waals surface area (Å²) in [5.74, 6) is 2.40. The summed E-state index contributed by atoms with van der Waals surface area (Å²) in [7, 11) is 0. The Labute approximate surface area is 81.9 Å². The molecule has 0 radical (unpaired) electrons. The lowest BCUT2D eigenvalue weighted by Crippen LogP contribution is -2.17. The van der Waals surface area contributed by atoms with E-state index < -0.39 is 0 Å². The van der Waals surface area contributed by atoms with Crippen LogP contribution in [0.5, 0.6) is 0 Å². The van der Waals surface area contributed by atoms with Gasteiger partial charge in [-0.2, -0.15) is 0 Å². The molecule has 76 valence electrons. The molecule has 0 aromatic heterocycles. The predicted molar refractivity (Wildman–Crippen MR) is 55.6 cm³/mol. The van der Waals surface area contributed by atoms with E-state index in [-0.39, 0.29) is 0 Å². The lowest BCUT2D eigenvalue weighted by molar-refractivity contribution is -0.120. The minimum atomic E-state index is 0.290. The highest BCUT2D eigenvalue weighted by Crippen LogP contribution is 2.32. The van der Waals surface area contributed by atoms with Crippen LogP contribution in [-0.4, -0.2) is 5.78 Å². The van der Waals surface area contributed by atoms with Gasteiger partial charge in [0.05, 0.1) is 0 Å². The van der Waals surface area contributed by atoms with Crippen LogP contribution in [0.15, 0.2) is 0 Å². The van der Waals surface area contributed by atoms with Crippen molar-refractivity contribution in [2.75, 3.05) is 0 Å². The van der Waals surface area contributed by atoms with Gasteiger partial charge in [0, 0.05) is 5.92 Å². The Hall–Kier alpha value is -0.330. The van der Waals surface area contributed by atoms with Gasteiger partial charge < -0.3 is 0 Å². The molecule has 0 bridgehead atoms. The van der Waals surface area contributed by atoms with Gasteiger partial charge in [0.1, 0.15) is 5.78 Å².